The average Bonchev–Trinajstić information content (AvgIpc) is 2.91. The summed E-state index contributed by atoms with van der Waals surface area (Å²) in [6.45, 7) is 35.9. The van der Waals surface area contributed by atoms with Gasteiger partial charge in [-0.3, -0.25) is 0 Å². The third kappa shape index (κ3) is 22.6. The first kappa shape index (κ1) is 44.2. The lowest BCUT2D eigenvalue weighted by Crippen LogP contribution is -2.55. The maximum Gasteiger partial charge on any atom is 0.680 e. The molecule has 0 saturated carbocycles. The van der Waals surface area contributed by atoms with E-state index in [2.05, 4.69) is 83.1 Å². The summed E-state index contributed by atoms with van der Waals surface area (Å²) in [7, 11) is -6.18. The molecule has 0 N–H and O–H groups in total. The molecule has 0 fully saturated rings. The monoisotopic (exact) mass is 640 g/mol. The van der Waals surface area contributed by atoms with Gasteiger partial charge in [0.1, 0.15) is 0 Å². The Balaban J connectivity index is 0. The van der Waals surface area contributed by atoms with Crippen molar-refractivity contribution in [1.29, 1.82) is 0 Å². The van der Waals surface area contributed by atoms with E-state index in [1.165, 1.54) is 0 Å². The predicted molar refractivity (Wildman–Crippen MR) is 178 cm³/mol. The molecular formula is C32H72O8Si2. The van der Waals surface area contributed by atoms with Crippen molar-refractivity contribution in [1.82, 2.24) is 0 Å². The third-order valence-corrected chi connectivity index (χ3v) is 10.9. The van der Waals surface area contributed by atoms with E-state index in [-0.39, 0.29) is 24.4 Å². The Hall–Kier alpha value is 0.114. The highest BCUT2D eigenvalue weighted by molar-refractivity contribution is 6.54. The Morgan fingerprint density at radius 2 is 0.524 bits per heavy atom. The van der Waals surface area contributed by atoms with Gasteiger partial charge in [-0.1, -0.05) is 83.1 Å². The average molecular weight is 641 g/mol. The third-order valence-electron chi connectivity index (χ3n) is 6.06. The van der Waals surface area contributed by atoms with E-state index in [1.54, 1.807) is 0 Å². The fourth-order valence-corrected chi connectivity index (χ4v) is 8.43. The molecule has 0 aromatic rings. The highest BCUT2D eigenvalue weighted by Gasteiger charge is 2.50. The minimum Gasteiger partial charge on any atom is -0.351 e. The zero-order valence-corrected chi connectivity index (χ0v) is 32.5. The molecule has 0 saturated heterocycles. The van der Waals surface area contributed by atoms with Gasteiger partial charge in [-0.05, 0) is 77.0 Å². The molecule has 0 aromatic heterocycles. The fraction of sp³-hybridized carbons (Fsp3) is 1.00. The van der Waals surface area contributed by atoms with Gasteiger partial charge in [-0.2, -0.15) is 0 Å². The summed E-state index contributed by atoms with van der Waals surface area (Å²) in [6, 6.07) is 0. The van der Waals surface area contributed by atoms with Crippen LogP contribution in [0.5, 0.6) is 0 Å². The van der Waals surface area contributed by atoms with Crippen molar-refractivity contribution >= 4 is 18.1 Å². The minimum absolute atomic E-state index is 0.0637. The topological polar surface area (TPSA) is 73.8 Å². The van der Waals surface area contributed by atoms with Gasteiger partial charge in [0.25, 0.3) is 0 Å². The van der Waals surface area contributed by atoms with Crippen molar-refractivity contribution in [3.8, 4) is 0 Å². The number of hydrogen-bond donors (Lipinski definition) is 0. The Morgan fingerprint density at radius 3 is 0.667 bits per heavy atom. The quantitative estimate of drug-likeness (QED) is 0.0970. The molecule has 0 aliphatic carbocycles. The standard InChI is InChI=1S/2C16H36O4Si/c1-13(2)9-17-21(18-10-14(3)4,19-11-15(5)6)20-12-16(7)8;1-9-13(5)17-21(18-14(6)10-2,19-15(7)11-3)20-16(8)12-4/h2*13-16H,9-12H2,1-8H3. The lowest BCUT2D eigenvalue weighted by Gasteiger charge is -2.36. The van der Waals surface area contributed by atoms with Gasteiger partial charge in [0.05, 0.1) is 0 Å². The smallest absolute Gasteiger partial charge is 0.351 e. The van der Waals surface area contributed by atoms with Crippen molar-refractivity contribution in [3.63, 3.8) is 0 Å². The van der Waals surface area contributed by atoms with E-state index >= 15 is 0 Å². The van der Waals surface area contributed by atoms with Gasteiger partial charge in [-0.25, -0.2) is 0 Å². The second kappa shape index (κ2) is 24.4. The molecule has 0 bridgehead atoms. The van der Waals surface area contributed by atoms with Crippen molar-refractivity contribution in [2.75, 3.05) is 26.4 Å². The summed E-state index contributed by atoms with van der Waals surface area (Å²) in [5.74, 6) is 1.68. The predicted octanol–water partition coefficient (Wildman–Crippen LogP) is 8.79. The summed E-state index contributed by atoms with van der Waals surface area (Å²) >= 11 is 0. The van der Waals surface area contributed by atoms with Gasteiger partial charge in [0.15, 0.2) is 0 Å². The SMILES string of the molecule is CC(C)CO[Si](OCC(C)C)(OCC(C)C)OCC(C)C.CCC(C)O[Si](OC(C)CC)(OC(C)CC)OC(C)CC. The van der Waals surface area contributed by atoms with Crippen LogP contribution in [0, 0.1) is 23.7 Å². The molecule has 0 rings (SSSR count). The first-order valence-electron chi connectivity index (χ1n) is 16.8. The van der Waals surface area contributed by atoms with E-state index in [0.717, 1.165) is 25.7 Å². The van der Waals surface area contributed by atoms with Gasteiger partial charge >= 0.3 is 18.1 Å². The van der Waals surface area contributed by atoms with E-state index in [1.807, 2.05) is 27.7 Å². The molecule has 0 aliphatic heterocycles. The van der Waals surface area contributed by atoms with Crippen LogP contribution in [-0.2, 0) is 35.4 Å². The second-order valence-corrected chi connectivity index (χ2v) is 17.3. The Kier molecular flexibility index (Phi) is 25.7. The maximum atomic E-state index is 6.18. The molecule has 42 heavy (non-hydrogen) atoms. The molecule has 4 atom stereocenters. The molecule has 0 amide bonds. The van der Waals surface area contributed by atoms with E-state index in [4.69, 9.17) is 35.4 Å². The molecule has 0 spiro atoms. The van der Waals surface area contributed by atoms with Gasteiger partial charge in [0, 0.05) is 50.8 Å². The normalized spacial score (nSPS) is 16.9. The fourth-order valence-electron chi connectivity index (χ4n) is 2.81. The van der Waals surface area contributed by atoms with Crippen LogP contribution >= 0.6 is 0 Å². The summed E-state index contributed by atoms with van der Waals surface area (Å²) in [5, 5.41) is 0. The Bertz CT molecular complexity index is 514. The lowest BCUT2D eigenvalue weighted by molar-refractivity contribution is -0.0974. The van der Waals surface area contributed by atoms with Crippen LogP contribution in [0.25, 0.3) is 0 Å². The molecule has 0 aliphatic rings. The number of hydrogen-bond acceptors (Lipinski definition) is 8. The van der Waals surface area contributed by atoms with Crippen LogP contribution < -0.4 is 0 Å². The van der Waals surface area contributed by atoms with Crippen LogP contribution in [0.2, 0.25) is 0 Å². The summed E-state index contributed by atoms with van der Waals surface area (Å²) in [4.78, 5) is 0. The van der Waals surface area contributed by atoms with Crippen molar-refractivity contribution in [2.24, 2.45) is 23.7 Å². The van der Waals surface area contributed by atoms with Crippen LogP contribution in [0.3, 0.4) is 0 Å². The molecular weight excluding hydrogens is 569 g/mol. The van der Waals surface area contributed by atoms with Crippen LogP contribution in [0.4, 0.5) is 0 Å². The number of rotatable bonds is 24. The first-order valence-corrected chi connectivity index (χ1v) is 20.0. The largest absolute Gasteiger partial charge is 0.680 e. The molecule has 10 heteroatoms. The Morgan fingerprint density at radius 1 is 0.333 bits per heavy atom. The van der Waals surface area contributed by atoms with E-state index in [9.17, 15) is 0 Å². The lowest BCUT2D eigenvalue weighted by atomic mass is 10.2. The summed E-state index contributed by atoms with van der Waals surface area (Å²) < 4.78 is 48.8. The van der Waals surface area contributed by atoms with Crippen molar-refractivity contribution in [3.05, 3.63) is 0 Å². The zero-order valence-electron chi connectivity index (χ0n) is 30.5. The van der Waals surface area contributed by atoms with E-state index in [0.29, 0.717) is 50.1 Å². The molecule has 4 unspecified atom stereocenters. The zero-order chi connectivity index (χ0) is 32.9. The van der Waals surface area contributed by atoms with Crippen LogP contribution in [0.15, 0.2) is 0 Å². The molecule has 0 heterocycles. The van der Waals surface area contributed by atoms with Gasteiger partial charge in [0.2, 0.25) is 0 Å². The summed E-state index contributed by atoms with van der Waals surface area (Å²) in [6.07, 6.45) is 3.89. The van der Waals surface area contributed by atoms with Crippen molar-refractivity contribution < 1.29 is 35.4 Å². The van der Waals surface area contributed by atoms with Gasteiger partial charge < -0.3 is 35.4 Å². The molecule has 0 aromatic carbocycles. The van der Waals surface area contributed by atoms with Crippen LogP contribution in [-0.4, -0.2) is 68.9 Å². The highest BCUT2D eigenvalue weighted by Crippen LogP contribution is 2.24. The van der Waals surface area contributed by atoms with Crippen molar-refractivity contribution in [2.45, 2.75) is 161 Å². The minimum atomic E-state index is -3.13. The van der Waals surface area contributed by atoms with Crippen LogP contribution in [0.1, 0.15) is 136 Å². The molecule has 0 radical (unpaired) electrons. The maximum absolute atomic E-state index is 6.18. The molecule has 8 nitrogen and oxygen atoms in total. The molecule has 256 valence electrons. The highest BCUT2D eigenvalue weighted by atomic mass is 28.4. The second-order valence-electron chi connectivity index (χ2n) is 13.2. The van der Waals surface area contributed by atoms with Gasteiger partial charge in [-0.15, -0.1) is 0 Å². The summed E-state index contributed by atoms with van der Waals surface area (Å²) in [5.41, 5.74) is 0. The van der Waals surface area contributed by atoms with E-state index < -0.39 is 18.1 Å². The Labute approximate surface area is 264 Å². The first-order chi connectivity index (χ1) is 19.5.